The Balaban J connectivity index is 1.46. The van der Waals surface area contributed by atoms with E-state index in [1.807, 2.05) is 12.1 Å². The lowest BCUT2D eigenvalue weighted by Gasteiger charge is -2.21. The normalized spacial score (nSPS) is 11.9. The van der Waals surface area contributed by atoms with Gasteiger partial charge in [0.2, 0.25) is 5.75 Å². The molecule has 0 radical (unpaired) electrons. The monoisotopic (exact) mass is 434 g/mol. The van der Waals surface area contributed by atoms with E-state index in [1.54, 1.807) is 24.3 Å². The molecule has 1 aliphatic heterocycles. The molecule has 1 amide bonds. The highest BCUT2D eigenvalue weighted by molar-refractivity contribution is 5.96. The summed E-state index contributed by atoms with van der Waals surface area (Å²) in [6, 6.07) is 13.9. The number of aromatic nitrogens is 2. The van der Waals surface area contributed by atoms with Gasteiger partial charge in [0.15, 0.2) is 23.9 Å². The quantitative estimate of drug-likeness (QED) is 0.586. The fourth-order valence-corrected chi connectivity index (χ4v) is 3.09. The molecule has 0 atom stereocenters. The van der Waals surface area contributed by atoms with Crippen molar-refractivity contribution in [3.63, 3.8) is 0 Å². The summed E-state index contributed by atoms with van der Waals surface area (Å²) in [5.74, 6) is -0.0991. The van der Waals surface area contributed by atoms with Gasteiger partial charge in [-0.15, -0.1) is 0 Å². The minimum Gasteiger partial charge on any atom is -0.493 e. The van der Waals surface area contributed by atoms with Gasteiger partial charge in [0.1, 0.15) is 24.8 Å². The Morgan fingerprint density at radius 3 is 2.75 bits per heavy atom. The van der Waals surface area contributed by atoms with Crippen LogP contribution >= 0.6 is 0 Å². The number of rotatable bonds is 6. The average molecular weight is 434 g/mol. The molecule has 0 saturated heterocycles. The minimum absolute atomic E-state index is 0.144. The molecule has 0 unspecified atom stereocenters. The van der Waals surface area contributed by atoms with Crippen LogP contribution in [0.1, 0.15) is 15.9 Å². The van der Waals surface area contributed by atoms with Crippen LogP contribution in [-0.4, -0.2) is 48.6 Å². The van der Waals surface area contributed by atoms with Crippen molar-refractivity contribution in [3.8, 4) is 29.0 Å². The van der Waals surface area contributed by atoms with Gasteiger partial charge in [0.05, 0.1) is 24.6 Å². The predicted molar refractivity (Wildman–Crippen MR) is 111 cm³/mol. The number of ether oxygens (including phenoxy) is 4. The van der Waals surface area contributed by atoms with Crippen LogP contribution in [0.3, 0.4) is 0 Å². The van der Waals surface area contributed by atoms with Gasteiger partial charge in [-0.2, -0.15) is 10.4 Å². The third kappa shape index (κ3) is 4.17. The number of carbonyl (C=O) groups is 2. The summed E-state index contributed by atoms with van der Waals surface area (Å²) in [7, 11) is 1.44. The Bertz CT molecular complexity index is 1180. The number of esters is 1. The van der Waals surface area contributed by atoms with Crippen molar-refractivity contribution in [2.24, 2.45) is 0 Å². The fraction of sp³-hybridized carbons (Fsp3) is 0.182. The number of carbonyl (C=O) groups excluding carboxylic acids is 2. The molecule has 2 heterocycles. The van der Waals surface area contributed by atoms with E-state index in [0.29, 0.717) is 36.1 Å². The summed E-state index contributed by atoms with van der Waals surface area (Å²) < 4.78 is 22.8. The van der Waals surface area contributed by atoms with Crippen molar-refractivity contribution in [1.82, 2.24) is 9.78 Å². The van der Waals surface area contributed by atoms with E-state index in [0.717, 1.165) is 0 Å². The number of nitriles is 1. The summed E-state index contributed by atoms with van der Waals surface area (Å²) in [6.45, 7) is 0.144. The van der Waals surface area contributed by atoms with Gasteiger partial charge in [-0.05, 0) is 24.3 Å². The Morgan fingerprint density at radius 1 is 1.22 bits per heavy atom. The van der Waals surface area contributed by atoms with Crippen LogP contribution in [-0.2, 0) is 9.53 Å². The summed E-state index contributed by atoms with van der Waals surface area (Å²) in [4.78, 5) is 24.9. The lowest BCUT2D eigenvalue weighted by atomic mass is 10.1. The zero-order valence-corrected chi connectivity index (χ0v) is 17.0. The Kier molecular flexibility index (Phi) is 5.89. The zero-order valence-electron chi connectivity index (χ0n) is 17.0. The third-order valence-electron chi connectivity index (χ3n) is 4.55. The average Bonchev–Trinajstić information content (AvgIpc) is 3.24. The van der Waals surface area contributed by atoms with E-state index >= 15 is 0 Å². The van der Waals surface area contributed by atoms with E-state index in [2.05, 4.69) is 10.4 Å². The van der Waals surface area contributed by atoms with Crippen molar-refractivity contribution in [1.29, 1.82) is 5.26 Å². The van der Waals surface area contributed by atoms with Gasteiger partial charge in [-0.25, -0.2) is 9.48 Å². The summed E-state index contributed by atoms with van der Waals surface area (Å²) in [5.41, 5.74) is 0.973. The Morgan fingerprint density at radius 2 is 2.00 bits per heavy atom. The maximum atomic E-state index is 12.5. The van der Waals surface area contributed by atoms with Gasteiger partial charge in [0.25, 0.3) is 5.91 Å². The number of nitrogens with zero attached hydrogens (tertiary/aromatic N) is 3. The second kappa shape index (κ2) is 9.09. The Hall–Kier alpha value is -4.52. The zero-order chi connectivity index (χ0) is 22.5. The molecule has 0 aliphatic carbocycles. The largest absolute Gasteiger partial charge is 0.493 e. The molecule has 3 aromatic rings. The van der Waals surface area contributed by atoms with E-state index in [-0.39, 0.29) is 16.9 Å². The van der Waals surface area contributed by atoms with Crippen LogP contribution in [0.2, 0.25) is 0 Å². The summed E-state index contributed by atoms with van der Waals surface area (Å²) in [5, 5.41) is 16.1. The first kappa shape index (κ1) is 20.7. The van der Waals surface area contributed by atoms with Gasteiger partial charge in [0, 0.05) is 0 Å². The van der Waals surface area contributed by atoms with E-state index in [9.17, 15) is 14.9 Å². The molecule has 4 rings (SSSR count). The van der Waals surface area contributed by atoms with Crippen molar-refractivity contribution in [2.75, 3.05) is 32.2 Å². The lowest BCUT2D eigenvalue weighted by molar-refractivity contribution is -0.119. The smallest absolute Gasteiger partial charge is 0.338 e. The van der Waals surface area contributed by atoms with Gasteiger partial charge >= 0.3 is 5.97 Å². The van der Waals surface area contributed by atoms with Crippen LogP contribution in [0, 0.1) is 11.3 Å². The molecule has 0 fully saturated rings. The topological polar surface area (TPSA) is 125 Å². The number of nitrogens with one attached hydrogen (secondary N) is 1. The minimum atomic E-state index is -0.743. The number of methoxy groups -OCH3 is 1. The van der Waals surface area contributed by atoms with Crippen LogP contribution < -0.4 is 19.5 Å². The van der Waals surface area contributed by atoms with Crippen molar-refractivity contribution >= 4 is 17.7 Å². The van der Waals surface area contributed by atoms with Crippen LogP contribution in [0.25, 0.3) is 5.69 Å². The molecular formula is C22H18N4O6. The first-order valence-electron chi connectivity index (χ1n) is 9.59. The molecule has 1 N–H and O–H groups in total. The molecule has 2 aromatic carbocycles. The van der Waals surface area contributed by atoms with E-state index in [4.69, 9.17) is 18.9 Å². The van der Waals surface area contributed by atoms with Crippen molar-refractivity contribution < 1.29 is 28.5 Å². The first-order valence-corrected chi connectivity index (χ1v) is 9.59. The molecule has 1 aliphatic rings. The molecule has 162 valence electrons. The van der Waals surface area contributed by atoms with Crippen molar-refractivity contribution in [3.05, 3.63) is 59.8 Å². The van der Waals surface area contributed by atoms with E-state index < -0.39 is 18.5 Å². The number of hydrogen-bond donors (Lipinski definition) is 1. The Labute approximate surface area is 182 Å². The summed E-state index contributed by atoms with van der Waals surface area (Å²) in [6.07, 6.45) is 1.34. The van der Waals surface area contributed by atoms with Crippen LogP contribution in [0.5, 0.6) is 17.2 Å². The second-order valence-electron chi connectivity index (χ2n) is 6.59. The number of fused-ring (bicyclic) bond motifs is 1. The van der Waals surface area contributed by atoms with Crippen molar-refractivity contribution in [2.45, 2.75) is 0 Å². The maximum Gasteiger partial charge on any atom is 0.338 e. The number of hydrogen-bond acceptors (Lipinski definition) is 8. The molecule has 0 saturated carbocycles. The molecule has 32 heavy (non-hydrogen) atoms. The van der Waals surface area contributed by atoms with Crippen LogP contribution in [0.15, 0.2) is 48.7 Å². The third-order valence-corrected chi connectivity index (χ3v) is 4.55. The first-order chi connectivity index (χ1) is 15.6. The highest BCUT2D eigenvalue weighted by Gasteiger charge is 2.22. The lowest BCUT2D eigenvalue weighted by Crippen LogP contribution is -2.23. The maximum absolute atomic E-state index is 12.5. The molecular weight excluding hydrogens is 416 g/mol. The standard InChI is InChI=1S/C22H18N4O6/c1-29-17-9-14(10-18-20(17)31-8-7-30-18)22(28)32-13-19(27)25-21-15(11-23)12-24-26(21)16-5-3-2-4-6-16/h2-6,9-10,12H,7-8,13H2,1H3,(H,25,27). The highest BCUT2D eigenvalue weighted by Crippen LogP contribution is 2.40. The number of amides is 1. The molecule has 10 nitrogen and oxygen atoms in total. The van der Waals surface area contributed by atoms with E-state index in [1.165, 1.54) is 30.1 Å². The predicted octanol–water partition coefficient (Wildman–Crippen LogP) is 2.32. The number of para-hydroxylation sites is 1. The molecule has 1 aromatic heterocycles. The summed E-state index contributed by atoms with van der Waals surface area (Å²) >= 11 is 0. The number of anilines is 1. The van der Waals surface area contributed by atoms with Crippen LogP contribution in [0.4, 0.5) is 5.82 Å². The van der Waals surface area contributed by atoms with Gasteiger partial charge in [-0.1, -0.05) is 18.2 Å². The second-order valence-corrected chi connectivity index (χ2v) is 6.59. The fourth-order valence-electron chi connectivity index (χ4n) is 3.09. The SMILES string of the molecule is COc1cc(C(=O)OCC(=O)Nc2c(C#N)cnn2-c2ccccc2)cc2c1OCCO2. The van der Waals surface area contributed by atoms with Gasteiger partial charge < -0.3 is 24.3 Å². The molecule has 0 spiro atoms. The molecule has 10 heteroatoms. The number of benzene rings is 2. The molecule has 0 bridgehead atoms. The highest BCUT2D eigenvalue weighted by atomic mass is 16.6. The van der Waals surface area contributed by atoms with Gasteiger partial charge in [-0.3, -0.25) is 4.79 Å².